The third kappa shape index (κ3) is 3.73. The van der Waals surface area contributed by atoms with Crippen LogP contribution >= 0.6 is 11.8 Å². The van der Waals surface area contributed by atoms with Crippen molar-refractivity contribution in [1.29, 1.82) is 0 Å². The monoisotopic (exact) mass is 249 g/mol. The molecule has 0 amide bonds. The molecule has 2 rings (SSSR count). The number of nitrogens with zero attached hydrogens (tertiary/aromatic N) is 2. The molecule has 4 heteroatoms. The predicted octanol–water partition coefficient (Wildman–Crippen LogP) is 2.34. The van der Waals surface area contributed by atoms with E-state index in [1.54, 1.807) is 6.20 Å². The van der Waals surface area contributed by atoms with Crippen LogP contribution in [0, 0.1) is 5.92 Å². The molecule has 0 spiro atoms. The molecular formula is C13H19N3S. The zero-order valence-electron chi connectivity index (χ0n) is 10.4. The average molecular weight is 249 g/mol. The normalized spacial score (nSPS) is 26.8. The first kappa shape index (κ1) is 12.4. The molecule has 1 fully saturated rings. The van der Waals surface area contributed by atoms with Gasteiger partial charge in [-0.3, -0.25) is 9.98 Å². The molecule has 1 N–H and O–H groups in total. The van der Waals surface area contributed by atoms with E-state index >= 15 is 0 Å². The van der Waals surface area contributed by atoms with Crippen LogP contribution in [0.1, 0.15) is 19.4 Å². The highest BCUT2D eigenvalue weighted by molar-refractivity contribution is 8.13. The van der Waals surface area contributed by atoms with Gasteiger partial charge in [-0.05, 0) is 30.9 Å². The Labute approximate surface area is 107 Å². The molecule has 1 aromatic rings. The molecule has 2 atom stereocenters. The highest BCUT2D eigenvalue weighted by Gasteiger charge is 2.20. The molecule has 2 heterocycles. The van der Waals surface area contributed by atoms with Gasteiger partial charge in [-0.2, -0.15) is 0 Å². The summed E-state index contributed by atoms with van der Waals surface area (Å²) in [7, 11) is 0. The zero-order chi connectivity index (χ0) is 12.1. The molecule has 0 bridgehead atoms. The third-order valence-electron chi connectivity index (χ3n) is 3.07. The number of hydrogen-bond acceptors (Lipinski definition) is 3. The highest BCUT2D eigenvalue weighted by atomic mass is 32.2. The van der Waals surface area contributed by atoms with Crippen molar-refractivity contribution in [3.05, 3.63) is 30.1 Å². The summed E-state index contributed by atoms with van der Waals surface area (Å²) in [6.07, 6.45) is 4.67. The summed E-state index contributed by atoms with van der Waals surface area (Å²) in [5, 5.41) is 4.55. The molecule has 1 aromatic heterocycles. The van der Waals surface area contributed by atoms with E-state index in [0.29, 0.717) is 6.04 Å². The number of hydrogen-bond donors (Lipinski definition) is 1. The van der Waals surface area contributed by atoms with E-state index < -0.39 is 0 Å². The SMILES string of the molecule is CC1CSC(=NCCc2cccnc2)NC1C. The van der Waals surface area contributed by atoms with E-state index in [1.807, 2.05) is 24.0 Å². The molecule has 3 nitrogen and oxygen atoms in total. The van der Waals surface area contributed by atoms with Gasteiger partial charge in [0.1, 0.15) is 0 Å². The quantitative estimate of drug-likeness (QED) is 0.893. The van der Waals surface area contributed by atoms with Crippen molar-refractivity contribution in [3.63, 3.8) is 0 Å². The van der Waals surface area contributed by atoms with E-state index in [0.717, 1.165) is 24.1 Å². The maximum absolute atomic E-state index is 4.60. The van der Waals surface area contributed by atoms with E-state index in [1.165, 1.54) is 11.3 Å². The van der Waals surface area contributed by atoms with Crippen LogP contribution in [-0.4, -0.2) is 28.5 Å². The molecule has 17 heavy (non-hydrogen) atoms. The number of thioether (sulfide) groups is 1. The molecule has 1 aliphatic heterocycles. The standard InChI is InChI=1S/C13H19N3S/c1-10-9-17-13(16-11(10)2)15-7-5-12-4-3-6-14-8-12/h3-4,6,8,10-11H,5,7,9H2,1-2H3,(H,15,16). The molecule has 0 saturated carbocycles. The second kappa shape index (κ2) is 6.05. The van der Waals surface area contributed by atoms with Crippen LogP contribution in [0.25, 0.3) is 0 Å². The number of nitrogens with one attached hydrogen (secondary N) is 1. The van der Waals surface area contributed by atoms with Crippen molar-refractivity contribution >= 4 is 16.9 Å². The van der Waals surface area contributed by atoms with Gasteiger partial charge >= 0.3 is 0 Å². The van der Waals surface area contributed by atoms with Crippen LogP contribution in [0.4, 0.5) is 0 Å². The van der Waals surface area contributed by atoms with Gasteiger partial charge in [-0.1, -0.05) is 24.8 Å². The number of aromatic nitrogens is 1. The van der Waals surface area contributed by atoms with E-state index in [2.05, 4.69) is 35.2 Å². The largest absolute Gasteiger partial charge is 0.362 e. The second-order valence-electron chi connectivity index (χ2n) is 4.52. The van der Waals surface area contributed by atoms with Crippen LogP contribution in [0.5, 0.6) is 0 Å². The summed E-state index contributed by atoms with van der Waals surface area (Å²) in [6.45, 7) is 5.33. The lowest BCUT2D eigenvalue weighted by Crippen LogP contribution is -2.41. The second-order valence-corrected chi connectivity index (χ2v) is 5.53. The van der Waals surface area contributed by atoms with Crippen molar-refractivity contribution in [2.75, 3.05) is 12.3 Å². The molecule has 92 valence electrons. The summed E-state index contributed by atoms with van der Waals surface area (Å²) in [6, 6.07) is 4.60. The van der Waals surface area contributed by atoms with Crippen LogP contribution in [0.3, 0.4) is 0 Å². The summed E-state index contributed by atoms with van der Waals surface area (Å²) in [5.41, 5.74) is 1.25. The van der Waals surface area contributed by atoms with Gasteiger partial charge in [0.15, 0.2) is 5.17 Å². The van der Waals surface area contributed by atoms with Crippen LogP contribution in [0.15, 0.2) is 29.5 Å². The van der Waals surface area contributed by atoms with Gasteiger partial charge in [0.2, 0.25) is 0 Å². The fourth-order valence-corrected chi connectivity index (χ4v) is 2.82. The lowest BCUT2D eigenvalue weighted by atomic mass is 10.1. The van der Waals surface area contributed by atoms with Gasteiger partial charge in [0.05, 0.1) is 0 Å². The van der Waals surface area contributed by atoms with Crippen LogP contribution < -0.4 is 5.32 Å². The first-order valence-electron chi connectivity index (χ1n) is 6.08. The fraction of sp³-hybridized carbons (Fsp3) is 0.538. The Morgan fingerprint density at radius 3 is 3.12 bits per heavy atom. The minimum Gasteiger partial charge on any atom is -0.362 e. The van der Waals surface area contributed by atoms with E-state index in [4.69, 9.17) is 0 Å². The third-order valence-corrected chi connectivity index (χ3v) is 4.28. The highest BCUT2D eigenvalue weighted by Crippen LogP contribution is 2.19. The number of pyridine rings is 1. The molecule has 0 radical (unpaired) electrons. The Morgan fingerprint density at radius 1 is 1.53 bits per heavy atom. The smallest absolute Gasteiger partial charge is 0.156 e. The molecular weight excluding hydrogens is 230 g/mol. The minimum atomic E-state index is 0.536. The van der Waals surface area contributed by atoms with Crippen molar-refractivity contribution in [2.24, 2.45) is 10.9 Å². The molecule has 2 unspecified atom stereocenters. The lowest BCUT2D eigenvalue weighted by molar-refractivity contribution is 0.490. The average Bonchev–Trinajstić information content (AvgIpc) is 2.35. The van der Waals surface area contributed by atoms with E-state index in [9.17, 15) is 0 Å². The summed E-state index contributed by atoms with van der Waals surface area (Å²) < 4.78 is 0. The van der Waals surface area contributed by atoms with Crippen molar-refractivity contribution in [2.45, 2.75) is 26.3 Å². The zero-order valence-corrected chi connectivity index (χ0v) is 11.2. The van der Waals surface area contributed by atoms with Crippen LogP contribution in [-0.2, 0) is 6.42 Å². The van der Waals surface area contributed by atoms with Gasteiger partial charge in [0, 0.05) is 30.7 Å². The summed E-state index contributed by atoms with van der Waals surface area (Å²) >= 11 is 1.83. The topological polar surface area (TPSA) is 37.3 Å². The van der Waals surface area contributed by atoms with Crippen molar-refractivity contribution in [1.82, 2.24) is 10.3 Å². The predicted molar refractivity (Wildman–Crippen MR) is 74.5 cm³/mol. The fourth-order valence-electron chi connectivity index (χ4n) is 1.66. The first-order chi connectivity index (χ1) is 8.25. The molecule has 1 saturated heterocycles. The molecule has 1 aliphatic rings. The van der Waals surface area contributed by atoms with E-state index in [-0.39, 0.29) is 0 Å². The Bertz CT molecular complexity index is 378. The number of aliphatic imine (C=N–C) groups is 1. The minimum absolute atomic E-state index is 0.536. The van der Waals surface area contributed by atoms with Gasteiger partial charge in [-0.25, -0.2) is 0 Å². The molecule has 0 aliphatic carbocycles. The summed E-state index contributed by atoms with van der Waals surface area (Å²) in [4.78, 5) is 8.71. The molecule has 0 aromatic carbocycles. The van der Waals surface area contributed by atoms with Crippen molar-refractivity contribution in [3.8, 4) is 0 Å². The first-order valence-corrected chi connectivity index (χ1v) is 7.07. The Balaban J connectivity index is 1.81. The maximum atomic E-state index is 4.60. The Morgan fingerprint density at radius 2 is 2.41 bits per heavy atom. The number of rotatable bonds is 3. The maximum Gasteiger partial charge on any atom is 0.156 e. The van der Waals surface area contributed by atoms with Crippen molar-refractivity contribution < 1.29 is 0 Å². The Kier molecular flexibility index (Phi) is 4.42. The lowest BCUT2D eigenvalue weighted by Gasteiger charge is -2.28. The van der Waals surface area contributed by atoms with Gasteiger partial charge < -0.3 is 5.32 Å². The van der Waals surface area contributed by atoms with Crippen LogP contribution in [0.2, 0.25) is 0 Å². The Hall–Kier alpha value is -1.03. The van der Waals surface area contributed by atoms with Gasteiger partial charge in [-0.15, -0.1) is 0 Å². The summed E-state index contributed by atoms with van der Waals surface area (Å²) in [5.74, 6) is 1.89. The number of amidine groups is 1. The van der Waals surface area contributed by atoms with Gasteiger partial charge in [0.25, 0.3) is 0 Å².